The van der Waals surface area contributed by atoms with Gasteiger partial charge in [-0.2, -0.15) is 0 Å². The van der Waals surface area contributed by atoms with Gasteiger partial charge in [-0.1, -0.05) is 69.2 Å². The van der Waals surface area contributed by atoms with Crippen LogP contribution < -0.4 is 10.1 Å². The molecule has 1 heterocycles. The summed E-state index contributed by atoms with van der Waals surface area (Å²) >= 11 is 0. The van der Waals surface area contributed by atoms with Crippen LogP contribution in [0.15, 0.2) is 48.5 Å². The Morgan fingerprint density at radius 3 is 2.14 bits per heavy atom. The molecule has 0 aliphatic carbocycles. The van der Waals surface area contributed by atoms with Crippen molar-refractivity contribution in [3.8, 4) is 5.75 Å². The lowest BCUT2D eigenvalue weighted by Gasteiger charge is -2.53. The van der Waals surface area contributed by atoms with Crippen molar-refractivity contribution in [2.75, 3.05) is 27.8 Å². The number of imide groups is 1. The molecule has 3 atom stereocenters. The molecule has 1 unspecified atom stereocenters. The van der Waals surface area contributed by atoms with Gasteiger partial charge in [0, 0.05) is 7.11 Å². The van der Waals surface area contributed by atoms with E-state index in [1.54, 1.807) is 7.11 Å². The minimum Gasteiger partial charge on any atom is -0.469 e. The summed E-state index contributed by atoms with van der Waals surface area (Å²) in [6.45, 7) is 8.67. The molecule has 0 saturated carbocycles. The number of hydrogen-bond acceptors (Lipinski definition) is 5. The van der Waals surface area contributed by atoms with Gasteiger partial charge in [-0.25, -0.2) is 9.69 Å². The minimum atomic E-state index is -0.720. The monoisotopic (exact) mass is 509 g/mol. The van der Waals surface area contributed by atoms with E-state index in [0.29, 0.717) is 25.2 Å². The first-order chi connectivity index (χ1) is 17.7. The number of urea groups is 1. The zero-order chi connectivity index (χ0) is 27.2. The zero-order valence-electron chi connectivity index (χ0n) is 23.4. The predicted molar refractivity (Wildman–Crippen MR) is 146 cm³/mol. The minimum absolute atomic E-state index is 0.120. The number of ether oxygens (including phenoxy) is 2. The Morgan fingerprint density at radius 2 is 1.62 bits per heavy atom. The molecule has 2 aromatic carbocycles. The lowest BCUT2D eigenvalue weighted by atomic mass is 9.72. The van der Waals surface area contributed by atoms with E-state index in [4.69, 9.17) is 9.47 Å². The number of nitrogens with one attached hydrogen (secondary N) is 1. The van der Waals surface area contributed by atoms with Crippen LogP contribution in [0, 0.1) is 12.3 Å². The third-order valence-corrected chi connectivity index (χ3v) is 7.65. The summed E-state index contributed by atoms with van der Waals surface area (Å²) in [5.41, 5.74) is 2.59. The molecule has 1 aliphatic rings. The van der Waals surface area contributed by atoms with Crippen molar-refractivity contribution in [2.45, 2.75) is 71.7 Å². The van der Waals surface area contributed by atoms with Gasteiger partial charge in [-0.05, 0) is 63.5 Å². The Bertz CT molecular complexity index is 1030. The molecule has 7 heteroatoms. The van der Waals surface area contributed by atoms with Crippen LogP contribution in [-0.4, -0.2) is 55.8 Å². The third kappa shape index (κ3) is 5.99. The van der Waals surface area contributed by atoms with Crippen LogP contribution in [0.2, 0.25) is 0 Å². The number of rotatable bonds is 12. The zero-order valence-corrected chi connectivity index (χ0v) is 23.4. The summed E-state index contributed by atoms with van der Waals surface area (Å²) in [5.74, 6) is 0.451. The summed E-state index contributed by atoms with van der Waals surface area (Å²) in [6, 6.07) is 15.5. The average molecular weight is 510 g/mol. The van der Waals surface area contributed by atoms with E-state index in [9.17, 15) is 9.59 Å². The summed E-state index contributed by atoms with van der Waals surface area (Å²) in [5, 5.41) is 3.11. The molecular weight excluding hydrogens is 466 g/mol. The fourth-order valence-corrected chi connectivity index (χ4v) is 5.13. The van der Waals surface area contributed by atoms with Crippen molar-refractivity contribution in [1.82, 2.24) is 15.1 Å². The third-order valence-electron chi connectivity index (χ3n) is 7.65. The summed E-state index contributed by atoms with van der Waals surface area (Å²) in [6.07, 6.45) is 2.23. The highest BCUT2D eigenvalue weighted by molar-refractivity contribution is 6.03. The first-order valence-electron chi connectivity index (χ1n) is 13.3. The van der Waals surface area contributed by atoms with Crippen LogP contribution in [0.5, 0.6) is 5.75 Å². The molecule has 7 nitrogen and oxygen atoms in total. The van der Waals surface area contributed by atoms with E-state index >= 15 is 0 Å². The maximum atomic E-state index is 13.5. The van der Waals surface area contributed by atoms with E-state index in [2.05, 4.69) is 17.1 Å². The van der Waals surface area contributed by atoms with Gasteiger partial charge in [0.05, 0.1) is 18.7 Å². The number of nitrogens with zero attached hydrogens (tertiary/aromatic N) is 2. The standard InChI is InChI=1S/C30H43N3O4/c1-8-11-25(22-14-12-21(4)13-15-22)31-29(35)33-27(34)30(9-2,10-3)28(33)37-24-18-16-23(17-19-24)26(20-36-7)32(5)6/h12-19,25-26,28H,8-11,20H2,1-7H3,(H,31,35)/t25-,26?,28+/m1/s1. The van der Waals surface area contributed by atoms with Crippen molar-refractivity contribution < 1.29 is 19.1 Å². The normalized spacial score (nSPS) is 18.3. The Morgan fingerprint density at radius 1 is 1.03 bits per heavy atom. The van der Waals surface area contributed by atoms with E-state index in [0.717, 1.165) is 29.5 Å². The van der Waals surface area contributed by atoms with Crippen LogP contribution in [0.4, 0.5) is 4.79 Å². The summed E-state index contributed by atoms with van der Waals surface area (Å²) in [7, 11) is 5.73. The fourth-order valence-electron chi connectivity index (χ4n) is 5.13. The van der Waals surface area contributed by atoms with Crippen LogP contribution in [-0.2, 0) is 9.53 Å². The van der Waals surface area contributed by atoms with E-state index < -0.39 is 17.7 Å². The van der Waals surface area contributed by atoms with Gasteiger partial charge >= 0.3 is 6.03 Å². The molecule has 1 fully saturated rings. The number of likely N-dealkylation sites (N-methyl/N-ethyl adjacent to an activating group) is 1. The summed E-state index contributed by atoms with van der Waals surface area (Å²) < 4.78 is 11.7. The molecule has 3 amide bonds. The molecule has 0 spiro atoms. The quantitative estimate of drug-likeness (QED) is 0.364. The molecule has 0 radical (unpaired) electrons. The SMILES string of the molecule is CCC[C@@H](NC(=O)N1C(=O)C(CC)(CC)[C@@H]1Oc1ccc(C(COC)N(C)C)cc1)c1ccc(C)cc1. The van der Waals surface area contributed by atoms with Crippen molar-refractivity contribution in [3.63, 3.8) is 0 Å². The Kier molecular flexibility index (Phi) is 9.74. The smallest absolute Gasteiger partial charge is 0.327 e. The topological polar surface area (TPSA) is 71.1 Å². The molecule has 1 saturated heterocycles. The van der Waals surface area contributed by atoms with Crippen LogP contribution in [0.3, 0.4) is 0 Å². The van der Waals surface area contributed by atoms with Gasteiger partial charge in [0.2, 0.25) is 5.91 Å². The number of methoxy groups -OCH3 is 1. The number of carbonyl (C=O) groups is 2. The number of carbonyl (C=O) groups excluding carboxylic acids is 2. The molecule has 202 valence electrons. The van der Waals surface area contributed by atoms with Gasteiger partial charge in [-0.3, -0.25) is 4.79 Å². The predicted octanol–water partition coefficient (Wildman–Crippen LogP) is 5.85. The van der Waals surface area contributed by atoms with Crippen molar-refractivity contribution >= 4 is 11.9 Å². The Hall–Kier alpha value is -2.90. The van der Waals surface area contributed by atoms with Crippen molar-refractivity contribution in [3.05, 3.63) is 65.2 Å². The highest BCUT2D eigenvalue weighted by Gasteiger charge is 2.63. The molecule has 0 aromatic heterocycles. The van der Waals surface area contributed by atoms with E-state index in [1.807, 2.05) is 83.4 Å². The molecule has 1 aliphatic heterocycles. The first kappa shape index (κ1) is 28.7. The van der Waals surface area contributed by atoms with Gasteiger partial charge in [-0.15, -0.1) is 0 Å². The molecule has 0 bridgehead atoms. The fraction of sp³-hybridized carbons (Fsp3) is 0.533. The number of hydrogen-bond donors (Lipinski definition) is 1. The number of likely N-dealkylation sites (tertiary alicyclic amines) is 1. The Labute approximate surface area is 222 Å². The summed E-state index contributed by atoms with van der Waals surface area (Å²) in [4.78, 5) is 30.2. The van der Waals surface area contributed by atoms with Crippen LogP contribution in [0.25, 0.3) is 0 Å². The van der Waals surface area contributed by atoms with Gasteiger partial charge in [0.15, 0.2) is 6.23 Å². The number of amides is 3. The van der Waals surface area contributed by atoms with Crippen molar-refractivity contribution in [1.29, 1.82) is 0 Å². The lowest BCUT2D eigenvalue weighted by Crippen LogP contribution is -2.73. The second-order valence-corrected chi connectivity index (χ2v) is 10.2. The second-order valence-electron chi connectivity index (χ2n) is 10.2. The molecule has 2 aromatic rings. The number of aryl methyl sites for hydroxylation is 1. The highest BCUT2D eigenvalue weighted by Crippen LogP contribution is 2.46. The highest BCUT2D eigenvalue weighted by atomic mass is 16.5. The molecular formula is C30H43N3O4. The van der Waals surface area contributed by atoms with E-state index in [-0.39, 0.29) is 18.0 Å². The second kappa shape index (κ2) is 12.6. The molecule has 37 heavy (non-hydrogen) atoms. The number of benzene rings is 2. The van der Waals surface area contributed by atoms with Gasteiger partial charge in [0.1, 0.15) is 11.2 Å². The van der Waals surface area contributed by atoms with Crippen molar-refractivity contribution in [2.24, 2.45) is 5.41 Å². The van der Waals surface area contributed by atoms with Crippen LogP contribution in [0.1, 0.15) is 75.2 Å². The Balaban J connectivity index is 1.82. The number of β-lactam (4-membered cyclic amide) rings is 1. The molecule has 1 N–H and O–H groups in total. The maximum Gasteiger partial charge on any atom is 0.327 e. The van der Waals surface area contributed by atoms with Gasteiger partial charge in [0.25, 0.3) is 0 Å². The lowest BCUT2D eigenvalue weighted by molar-refractivity contribution is -0.191. The van der Waals surface area contributed by atoms with Crippen LogP contribution >= 0.6 is 0 Å². The molecule has 3 rings (SSSR count). The van der Waals surface area contributed by atoms with Gasteiger partial charge < -0.3 is 19.7 Å². The van der Waals surface area contributed by atoms with E-state index in [1.165, 1.54) is 4.90 Å². The average Bonchev–Trinajstić information content (AvgIpc) is 2.88. The largest absolute Gasteiger partial charge is 0.469 e. The first-order valence-corrected chi connectivity index (χ1v) is 13.3. The maximum absolute atomic E-state index is 13.5.